The van der Waals surface area contributed by atoms with Crippen LogP contribution in [-0.2, 0) is 16.2 Å². The zero-order chi connectivity index (χ0) is 50.6. The third-order valence-corrected chi connectivity index (χ3v) is 19.2. The third kappa shape index (κ3) is 7.09. The Labute approximate surface area is 446 Å². The summed E-state index contributed by atoms with van der Waals surface area (Å²) in [6.45, 7) is 20.9. The van der Waals surface area contributed by atoms with Gasteiger partial charge in [-0.1, -0.05) is 171 Å². The molecular formula is C68H56BN2S3. The molecule has 1 radical (unpaired) electrons. The lowest BCUT2D eigenvalue weighted by molar-refractivity contribution is 0.590. The van der Waals surface area contributed by atoms with Crippen LogP contribution in [0.4, 0.5) is 11.4 Å². The number of rotatable bonds is 5. The second-order valence-corrected chi connectivity index (χ2v) is 26.8. The van der Waals surface area contributed by atoms with E-state index in [2.05, 4.69) is 249 Å². The van der Waals surface area contributed by atoms with Gasteiger partial charge >= 0.3 is 0 Å². The Morgan fingerprint density at radius 3 is 1.77 bits per heavy atom. The van der Waals surface area contributed by atoms with Crippen LogP contribution < -0.4 is 16.2 Å². The van der Waals surface area contributed by atoms with Gasteiger partial charge in [0, 0.05) is 94.3 Å². The number of anilines is 2. The lowest BCUT2D eigenvalue weighted by Crippen LogP contribution is -2.37. The molecule has 0 unspecified atom stereocenters. The van der Waals surface area contributed by atoms with Gasteiger partial charge in [0.05, 0.1) is 11.0 Å². The number of nitrogens with one attached hydrogen (secondary N) is 1. The molecule has 9 aromatic carbocycles. The molecule has 1 aliphatic heterocycles. The summed E-state index contributed by atoms with van der Waals surface area (Å²) in [5, 5.41) is 13.3. The molecule has 0 aliphatic carbocycles. The van der Waals surface area contributed by atoms with Gasteiger partial charge in [-0.3, -0.25) is 0 Å². The van der Waals surface area contributed by atoms with Crippen molar-refractivity contribution in [2.45, 2.75) is 78.6 Å². The Morgan fingerprint density at radius 1 is 0.446 bits per heavy atom. The van der Waals surface area contributed by atoms with Gasteiger partial charge in [0.15, 0.2) is 7.28 Å². The molecular weight excluding hydrogens is 952 g/mol. The first kappa shape index (κ1) is 45.6. The van der Waals surface area contributed by atoms with E-state index in [9.17, 15) is 0 Å². The molecule has 5 heterocycles. The Kier molecular flexibility index (Phi) is 10.0. The van der Waals surface area contributed by atoms with Gasteiger partial charge in [0.25, 0.3) is 0 Å². The number of benzene rings is 9. The summed E-state index contributed by atoms with van der Waals surface area (Å²) in [6.07, 6.45) is 0. The predicted molar refractivity (Wildman–Crippen MR) is 329 cm³/mol. The topological polar surface area (TPSA) is 17.0 Å². The summed E-state index contributed by atoms with van der Waals surface area (Å²) in [5.41, 5.74) is 18.7. The molecule has 1 aliphatic rings. The van der Waals surface area contributed by atoms with E-state index in [-0.39, 0.29) is 16.2 Å². The van der Waals surface area contributed by atoms with E-state index in [1.165, 1.54) is 138 Å². The van der Waals surface area contributed by atoms with Gasteiger partial charge in [-0.25, -0.2) is 0 Å². The van der Waals surface area contributed by atoms with E-state index in [0.717, 1.165) is 11.4 Å². The maximum Gasteiger partial charge on any atom is 0.198 e. The van der Waals surface area contributed by atoms with Crippen molar-refractivity contribution in [2.75, 3.05) is 5.32 Å². The van der Waals surface area contributed by atoms with E-state index >= 15 is 0 Å². The Hall–Kier alpha value is -6.96. The van der Waals surface area contributed by atoms with Crippen molar-refractivity contribution in [2.24, 2.45) is 0 Å². The molecule has 2 nitrogen and oxygen atoms in total. The third-order valence-electron chi connectivity index (χ3n) is 15.7. The van der Waals surface area contributed by atoms with Gasteiger partial charge in [0.1, 0.15) is 0 Å². The summed E-state index contributed by atoms with van der Waals surface area (Å²) in [6, 6.07) is 64.7. The Morgan fingerprint density at radius 2 is 1.05 bits per heavy atom. The maximum atomic E-state index is 4.08. The molecule has 0 saturated carbocycles. The number of aromatic nitrogens is 1. The fourth-order valence-corrected chi connectivity index (χ4v) is 15.4. The van der Waals surface area contributed by atoms with Crippen LogP contribution in [0, 0.1) is 0 Å². The van der Waals surface area contributed by atoms with Crippen molar-refractivity contribution >= 4 is 136 Å². The molecule has 6 heteroatoms. The first-order chi connectivity index (χ1) is 35.6. The van der Waals surface area contributed by atoms with Crippen molar-refractivity contribution in [3.05, 3.63) is 187 Å². The molecule has 0 spiro atoms. The Balaban J connectivity index is 1.14. The highest BCUT2D eigenvalue weighted by Crippen LogP contribution is 2.52. The molecule has 0 amide bonds. The van der Waals surface area contributed by atoms with E-state index < -0.39 is 0 Å². The maximum absolute atomic E-state index is 4.08. The molecule has 0 atom stereocenters. The van der Waals surface area contributed by atoms with Gasteiger partial charge in [-0.05, 0) is 122 Å². The molecule has 13 aromatic rings. The van der Waals surface area contributed by atoms with Crippen molar-refractivity contribution < 1.29 is 0 Å². The second kappa shape index (κ2) is 16.3. The summed E-state index contributed by atoms with van der Waals surface area (Å²) >= 11 is 5.76. The zero-order valence-electron chi connectivity index (χ0n) is 43.4. The largest absolute Gasteiger partial charge is 0.355 e. The van der Waals surface area contributed by atoms with Gasteiger partial charge < -0.3 is 9.88 Å². The SMILES string of the molecule is CC(C)(C)c1ccc(Nc2cc3sc4ccc(C(C)(C)C)cc4c3cc2-c2c3c4c(c5cc(C(C)(C)C)ccc5n4-c4cc5c(-c6ccccc6)c(-c6ccccc6)sc5cc4[B]3)c3sc4ccccc4c23)cc1. The lowest BCUT2D eigenvalue weighted by Gasteiger charge is -2.25. The van der Waals surface area contributed by atoms with Crippen LogP contribution in [-0.4, -0.2) is 11.8 Å². The quantitative estimate of drug-likeness (QED) is 0.170. The van der Waals surface area contributed by atoms with Crippen molar-refractivity contribution in [1.82, 2.24) is 4.57 Å². The number of hydrogen-bond donors (Lipinski definition) is 1. The van der Waals surface area contributed by atoms with E-state index in [1.807, 2.05) is 34.0 Å². The van der Waals surface area contributed by atoms with Crippen LogP contribution in [0.3, 0.4) is 0 Å². The highest BCUT2D eigenvalue weighted by atomic mass is 32.1. The van der Waals surface area contributed by atoms with Gasteiger partial charge in [-0.15, -0.1) is 34.0 Å². The molecule has 0 bridgehead atoms. The zero-order valence-corrected chi connectivity index (χ0v) is 45.9. The highest BCUT2D eigenvalue weighted by Gasteiger charge is 2.33. The average Bonchev–Trinajstić information content (AvgIpc) is 4.15. The molecule has 4 aromatic heterocycles. The van der Waals surface area contributed by atoms with Crippen LogP contribution >= 0.6 is 34.0 Å². The summed E-state index contributed by atoms with van der Waals surface area (Å²) in [7, 11) is 2.56. The molecule has 14 rings (SSSR count). The molecule has 74 heavy (non-hydrogen) atoms. The van der Waals surface area contributed by atoms with Crippen molar-refractivity contribution in [3.63, 3.8) is 0 Å². The van der Waals surface area contributed by atoms with Gasteiger partial charge in [0.2, 0.25) is 0 Å². The number of nitrogens with zero attached hydrogens (tertiary/aromatic N) is 1. The van der Waals surface area contributed by atoms with Crippen LogP contribution in [0.15, 0.2) is 170 Å². The first-order valence-electron chi connectivity index (χ1n) is 26.0. The fourth-order valence-electron chi connectivity index (χ4n) is 11.7. The molecule has 0 saturated heterocycles. The Bertz CT molecular complexity index is 4450. The smallest absolute Gasteiger partial charge is 0.198 e. The molecule has 359 valence electrons. The van der Waals surface area contributed by atoms with Crippen LogP contribution in [0.2, 0.25) is 0 Å². The normalized spacial score (nSPS) is 13.0. The van der Waals surface area contributed by atoms with Crippen molar-refractivity contribution in [3.8, 4) is 38.4 Å². The molecule has 0 fully saturated rings. The second-order valence-electron chi connectivity index (χ2n) is 23.6. The number of hydrogen-bond acceptors (Lipinski definition) is 4. The van der Waals surface area contributed by atoms with Crippen LogP contribution in [0.25, 0.3) is 111 Å². The number of thiophene rings is 3. The summed E-state index contributed by atoms with van der Waals surface area (Å²) < 4.78 is 9.17. The van der Waals surface area contributed by atoms with Gasteiger partial charge in [-0.2, -0.15) is 0 Å². The van der Waals surface area contributed by atoms with Crippen LogP contribution in [0.1, 0.15) is 79.0 Å². The minimum Gasteiger partial charge on any atom is -0.355 e. The standard InChI is InChI=1S/C68H56BN2S3/c1-66(2,3)40-24-28-43(29-25-40)70-51-37-57-46(45-32-42(68(7,8)9)27-31-55(45)72-57)34-47(51)59-60-44-22-16-17-23-54(44)73-65(60)61-48-33-41(67(4,5)6)26-30-52(48)71-53-35-49-56(36-50(53)69-62(59)63(61)71)74-64(39-20-14-11-15-21-39)58(49)38-18-12-10-13-19-38/h10-37,70H,1-9H3. The number of fused-ring (bicyclic) bond motifs is 13. The van der Waals surface area contributed by atoms with E-state index in [1.54, 1.807) is 0 Å². The minimum atomic E-state index is -0.0344. The average molecular weight is 1010 g/mol. The van der Waals surface area contributed by atoms with E-state index in [0.29, 0.717) is 0 Å². The van der Waals surface area contributed by atoms with Crippen molar-refractivity contribution in [1.29, 1.82) is 0 Å². The summed E-state index contributed by atoms with van der Waals surface area (Å²) in [5.74, 6) is 0. The first-order valence-corrected chi connectivity index (χ1v) is 28.4. The summed E-state index contributed by atoms with van der Waals surface area (Å²) in [4.78, 5) is 1.30. The lowest BCUT2D eigenvalue weighted by atomic mass is 9.58. The predicted octanol–water partition coefficient (Wildman–Crippen LogP) is 19.3. The minimum absolute atomic E-state index is 0.0171. The highest BCUT2D eigenvalue weighted by molar-refractivity contribution is 7.27. The van der Waals surface area contributed by atoms with Crippen LogP contribution in [0.5, 0.6) is 0 Å². The molecule has 1 N–H and O–H groups in total. The van der Waals surface area contributed by atoms with E-state index in [4.69, 9.17) is 0 Å². The fraction of sp³-hybridized carbons (Fsp3) is 0.176. The monoisotopic (exact) mass is 1010 g/mol.